The molecule has 1 saturated heterocycles. The van der Waals surface area contributed by atoms with Gasteiger partial charge in [0.05, 0.1) is 11.4 Å². The van der Waals surface area contributed by atoms with Crippen molar-refractivity contribution in [2.45, 2.75) is 18.2 Å². The third-order valence-corrected chi connectivity index (χ3v) is 5.22. The van der Waals surface area contributed by atoms with Crippen molar-refractivity contribution >= 4 is 27.9 Å². The fourth-order valence-electron chi connectivity index (χ4n) is 2.29. The molecule has 1 aliphatic heterocycles. The SMILES string of the molecule is CCCS(=O)(=O)c1ccc(N2CCNCC2)c(F)c1F.Cl. The molecule has 0 amide bonds. The highest BCUT2D eigenvalue weighted by Crippen LogP contribution is 2.27. The third-order valence-electron chi connectivity index (χ3n) is 3.29. The Morgan fingerprint density at radius 2 is 1.81 bits per heavy atom. The van der Waals surface area contributed by atoms with E-state index in [9.17, 15) is 17.2 Å². The van der Waals surface area contributed by atoms with E-state index in [1.807, 2.05) is 0 Å². The first-order chi connectivity index (χ1) is 9.47. The van der Waals surface area contributed by atoms with Crippen LogP contribution in [0.1, 0.15) is 13.3 Å². The zero-order valence-corrected chi connectivity index (χ0v) is 13.4. The van der Waals surface area contributed by atoms with Crippen LogP contribution in [0, 0.1) is 11.6 Å². The Hall–Kier alpha value is -0.920. The average molecular weight is 341 g/mol. The molecule has 0 unspecified atom stereocenters. The highest BCUT2D eigenvalue weighted by molar-refractivity contribution is 7.91. The molecule has 1 heterocycles. The number of rotatable bonds is 4. The van der Waals surface area contributed by atoms with Crippen LogP contribution in [0.3, 0.4) is 0 Å². The van der Waals surface area contributed by atoms with E-state index >= 15 is 0 Å². The molecular weight excluding hydrogens is 322 g/mol. The van der Waals surface area contributed by atoms with Gasteiger partial charge >= 0.3 is 0 Å². The van der Waals surface area contributed by atoms with E-state index in [2.05, 4.69) is 5.32 Å². The second-order valence-electron chi connectivity index (χ2n) is 4.77. The third kappa shape index (κ3) is 3.84. The van der Waals surface area contributed by atoms with Crippen LogP contribution in [-0.2, 0) is 9.84 Å². The van der Waals surface area contributed by atoms with Gasteiger partial charge in [0.15, 0.2) is 21.5 Å². The first-order valence-corrected chi connectivity index (χ1v) is 8.29. The van der Waals surface area contributed by atoms with Gasteiger partial charge in [-0.2, -0.15) is 0 Å². The summed E-state index contributed by atoms with van der Waals surface area (Å²) >= 11 is 0. The van der Waals surface area contributed by atoms with Gasteiger partial charge in [-0.3, -0.25) is 0 Å². The van der Waals surface area contributed by atoms with Crippen LogP contribution in [0.5, 0.6) is 0 Å². The summed E-state index contributed by atoms with van der Waals surface area (Å²) in [5.74, 6) is -2.53. The van der Waals surface area contributed by atoms with E-state index in [0.717, 1.165) is 0 Å². The van der Waals surface area contributed by atoms with Gasteiger partial charge < -0.3 is 10.2 Å². The van der Waals surface area contributed by atoms with Gasteiger partial charge in [0.1, 0.15) is 4.90 Å². The number of nitrogens with one attached hydrogen (secondary N) is 1. The number of anilines is 1. The highest BCUT2D eigenvalue weighted by atomic mass is 35.5. The quantitative estimate of drug-likeness (QED) is 0.910. The number of piperazine rings is 1. The topological polar surface area (TPSA) is 49.4 Å². The molecule has 0 atom stereocenters. The van der Waals surface area contributed by atoms with Crippen molar-refractivity contribution in [3.8, 4) is 0 Å². The summed E-state index contributed by atoms with van der Waals surface area (Å²) in [6, 6.07) is 2.52. The summed E-state index contributed by atoms with van der Waals surface area (Å²) in [6.45, 7) is 4.20. The molecule has 0 aliphatic carbocycles. The molecule has 0 spiro atoms. The lowest BCUT2D eigenvalue weighted by atomic mass is 10.2. The van der Waals surface area contributed by atoms with Gasteiger partial charge in [-0.25, -0.2) is 17.2 Å². The minimum Gasteiger partial charge on any atom is -0.367 e. The van der Waals surface area contributed by atoms with Crippen molar-refractivity contribution in [2.24, 2.45) is 0 Å². The van der Waals surface area contributed by atoms with E-state index in [4.69, 9.17) is 0 Å². The van der Waals surface area contributed by atoms with E-state index < -0.39 is 26.4 Å². The van der Waals surface area contributed by atoms with Crippen LogP contribution < -0.4 is 10.2 Å². The molecule has 1 fully saturated rings. The zero-order chi connectivity index (χ0) is 14.8. The van der Waals surface area contributed by atoms with Crippen molar-refractivity contribution in [1.82, 2.24) is 5.32 Å². The van der Waals surface area contributed by atoms with Crippen LogP contribution in [0.15, 0.2) is 17.0 Å². The smallest absolute Gasteiger partial charge is 0.183 e. The van der Waals surface area contributed by atoms with Crippen molar-refractivity contribution in [3.05, 3.63) is 23.8 Å². The van der Waals surface area contributed by atoms with E-state index in [0.29, 0.717) is 32.6 Å². The molecule has 0 saturated carbocycles. The Morgan fingerprint density at radius 3 is 2.38 bits per heavy atom. The second-order valence-corrected chi connectivity index (χ2v) is 6.84. The van der Waals surface area contributed by atoms with Gasteiger partial charge in [-0.05, 0) is 18.6 Å². The lowest BCUT2D eigenvalue weighted by Gasteiger charge is -2.29. The van der Waals surface area contributed by atoms with Gasteiger partial charge in [-0.15, -0.1) is 12.4 Å². The van der Waals surface area contributed by atoms with Crippen molar-refractivity contribution in [2.75, 3.05) is 36.8 Å². The lowest BCUT2D eigenvalue weighted by molar-refractivity contribution is 0.478. The van der Waals surface area contributed by atoms with Gasteiger partial charge in [0.2, 0.25) is 0 Å². The maximum atomic E-state index is 14.1. The molecule has 4 nitrogen and oxygen atoms in total. The Bertz CT molecular complexity index is 590. The fourth-order valence-corrected chi connectivity index (χ4v) is 3.69. The monoisotopic (exact) mass is 340 g/mol. The number of hydrogen-bond donors (Lipinski definition) is 1. The van der Waals surface area contributed by atoms with Gasteiger partial charge in [-0.1, -0.05) is 6.92 Å². The fraction of sp³-hybridized carbons (Fsp3) is 0.538. The predicted molar refractivity (Wildman–Crippen MR) is 81.0 cm³/mol. The Balaban J connectivity index is 0.00000220. The lowest BCUT2D eigenvalue weighted by Crippen LogP contribution is -2.44. The maximum Gasteiger partial charge on any atom is 0.183 e. The van der Waals surface area contributed by atoms with Crippen LogP contribution in [-0.4, -0.2) is 40.3 Å². The number of nitrogens with zero attached hydrogens (tertiary/aromatic N) is 1. The Morgan fingerprint density at radius 1 is 1.19 bits per heavy atom. The molecule has 1 aromatic carbocycles. The standard InChI is InChI=1S/C13H18F2N2O2S.ClH/c1-2-9-20(18,19)11-4-3-10(12(14)13(11)15)17-7-5-16-6-8-17;/h3-4,16H,2,5-9H2,1H3;1H. The number of sulfone groups is 1. The molecule has 1 N–H and O–H groups in total. The first kappa shape index (κ1) is 18.1. The van der Waals surface area contributed by atoms with Crippen LogP contribution in [0.25, 0.3) is 0 Å². The van der Waals surface area contributed by atoms with Crippen molar-refractivity contribution < 1.29 is 17.2 Å². The van der Waals surface area contributed by atoms with E-state index in [1.165, 1.54) is 12.1 Å². The molecule has 8 heteroatoms. The number of benzene rings is 1. The average Bonchev–Trinajstić information content (AvgIpc) is 2.42. The summed E-state index contributed by atoms with van der Waals surface area (Å²) in [5.41, 5.74) is 0.124. The van der Waals surface area contributed by atoms with E-state index in [1.54, 1.807) is 11.8 Å². The van der Waals surface area contributed by atoms with Crippen LogP contribution >= 0.6 is 12.4 Å². The summed E-state index contributed by atoms with van der Waals surface area (Å²) in [4.78, 5) is 1.17. The van der Waals surface area contributed by atoms with E-state index in [-0.39, 0.29) is 23.8 Å². The maximum absolute atomic E-state index is 14.1. The van der Waals surface area contributed by atoms with Crippen molar-refractivity contribution in [3.63, 3.8) is 0 Å². The number of halogens is 3. The molecular formula is C13H19ClF2N2O2S. The van der Waals surface area contributed by atoms with Gasteiger partial charge in [0, 0.05) is 26.2 Å². The minimum atomic E-state index is -3.76. The molecule has 120 valence electrons. The summed E-state index contributed by atoms with van der Waals surface area (Å²) in [7, 11) is -3.76. The second kappa shape index (κ2) is 7.38. The largest absolute Gasteiger partial charge is 0.367 e. The molecule has 21 heavy (non-hydrogen) atoms. The zero-order valence-electron chi connectivity index (χ0n) is 11.7. The normalized spacial score (nSPS) is 15.7. The molecule has 0 radical (unpaired) electrons. The Kier molecular flexibility index (Phi) is 6.37. The first-order valence-electron chi connectivity index (χ1n) is 6.64. The summed E-state index contributed by atoms with van der Waals surface area (Å²) in [5, 5.41) is 3.12. The van der Waals surface area contributed by atoms with Gasteiger partial charge in [0.25, 0.3) is 0 Å². The molecule has 2 rings (SSSR count). The number of hydrogen-bond acceptors (Lipinski definition) is 4. The molecule has 0 bridgehead atoms. The molecule has 1 aliphatic rings. The van der Waals surface area contributed by atoms with Crippen LogP contribution in [0.2, 0.25) is 0 Å². The highest BCUT2D eigenvalue weighted by Gasteiger charge is 2.25. The van der Waals surface area contributed by atoms with Crippen LogP contribution in [0.4, 0.5) is 14.5 Å². The van der Waals surface area contributed by atoms with Crippen molar-refractivity contribution in [1.29, 1.82) is 0 Å². The minimum absolute atomic E-state index is 0. The Labute approximate surface area is 129 Å². The summed E-state index contributed by atoms with van der Waals surface area (Å²) < 4.78 is 51.9. The predicted octanol–water partition coefficient (Wildman–Crippen LogP) is 1.98. The summed E-state index contributed by atoms with van der Waals surface area (Å²) in [6.07, 6.45) is 0.364. The molecule has 0 aromatic heterocycles. The molecule has 1 aromatic rings.